The minimum atomic E-state index is -0.258. The molecule has 0 heterocycles. The van der Waals surface area contributed by atoms with Crippen molar-refractivity contribution in [1.82, 2.24) is 0 Å². The molecular formula is C15H8Br4. The molecule has 0 N–H and O–H groups in total. The second-order valence-electron chi connectivity index (χ2n) is 4.53. The second kappa shape index (κ2) is 6.00. The van der Waals surface area contributed by atoms with Crippen LogP contribution >= 0.6 is 63.7 Å². The van der Waals surface area contributed by atoms with Crippen LogP contribution in [-0.4, -0.2) is 0 Å². The van der Waals surface area contributed by atoms with Crippen LogP contribution in [0.2, 0.25) is 0 Å². The molecule has 0 amide bonds. The molecule has 0 spiro atoms. The molecule has 0 fully saturated rings. The molecule has 96 valence electrons. The average molecular weight is 508 g/mol. The molecule has 0 aliphatic carbocycles. The van der Waals surface area contributed by atoms with E-state index in [2.05, 4.69) is 102 Å². The van der Waals surface area contributed by atoms with Crippen molar-refractivity contribution in [3.05, 3.63) is 65.4 Å². The third-order valence-corrected chi connectivity index (χ3v) is 4.88. The molecule has 4 heteroatoms. The van der Waals surface area contributed by atoms with E-state index < -0.39 is 0 Å². The summed E-state index contributed by atoms with van der Waals surface area (Å²) in [6.45, 7) is 4.26. The fraction of sp³-hybridized carbons (Fsp3) is 0.200. The van der Waals surface area contributed by atoms with E-state index in [0.29, 0.717) is 0 Å². The molecule has 2 aromatic rings. The van der Waals surface area contributed by atoms with Crippen LogP contribution < -0.4 is 0 Å². The first-order valence-corrected chi connectivity index (χ1v) is 8.58. The van der Waals surface area contributed by atoms with Gasteiger partial charge in [0.05, 0.1) is 0 Å². The summed E-state index contributed by atoms with van der Waals surface area (Å²) < 4.78 is 3.55. The van der Waals surface area contributed by atoms with E-state index in [1.807, 2.05) is 12.1 Å². The van der Waals surface area contributed by atoms with Gasteiger partial charge in [0.2, 0.25) is 0 Å². The monoisotopic (exact) mass is 504 g/mol. The maximum absolute atomic E-state index is 3.55. The third-order valence-electron chi connectivity index (χ3n) is 2.83. The van der Waals surface area contributed by atoms with Crippen LogP contribution in [0.5, 0.6) is 0 Å². The largest absolute Gasteiger partial charge is 0.0516 e. The van der Waals surface area contributed by atoms with Crippen LogP contribution in [0.1, 0.15) is 25.0 Å². The molecular weight excluding hydrogens is 500 g/mol. The quantitative estimate of drug-likeness (QED) is 0.450. The summed E-state index contributed by atoms with van der Waals surface area (Å²) in [5.74, 6) is 0. The molecule has 4 radical (unpaired) electrons. The number of hydrogen-bond acceptors (Lipinski definition) is 0. The van der Waals surface area contributed by atoms with Gasteiger partial charge in [0, 0.05) is 35.4 Å². The Kier molecular flexibility index (Phi) is 4.97. The van der Waals surface area contributed by atoms with Crippen molar-refractivity contribution in [2.75, 3.05) is 0 Å². The number of halogens is 4. The first kappa shape index (κ1) is 15.7. The van der Waals surface area contributed by atoms with Crippen molar-refractivity contribution in [2.45, 2.75) is 19.3 Å². The normalized spacial score (nSPS) is 11.7. The predicted octanol–water partition coefficient (Wildman–Crippen LogP) is 6.26. The molecule has 0 aromatic heterocycles. The number of benzene rings is 2. The Labute approximate surface area is 147 Å². The molecule has 0 saturated carbocycles. The van der Waals surface area contributed by atoms with Crippen molar-refractivity contribution in [2.24, 2.45) is 0 Å². The lowest BCUT2D eigenvalue weighted by Gasteiger charge is -2.28. The summed E-state index contributed by atoms with van der Waals surface area (Å²) >= 11 is 13.9. The highest BCUT2D eigenvalue weighted by atomic mass is 79.9. The zero-order valence-electron chi connectivity index (χ0n) is 10.2. The van der Waals surface area contributed by atoms with Gasteiger partial charge in [-0.3, -0.25) is 0 Å². The Hall–Kier alpha value is 0.360. The van der Waals surface area contributed by atoms with Gasteiger partial charge in [0.25, 0.3) is 0 Å². The molecule has 2 aromatic carbocycles. The zero-order valence-corrected chi connectivity index (χ0v) is 16.5. The molecule has 0 atom stereocenters. The highest BCUT2D eigenvalue weighted by Gasteiger charge is 2.28. The molecule has 0 bridgehead atoms. The minimum Gasteiger partial charge on any atom is -0.0516 e. The molecule has 0 aliphatic rings. The van der Waals surface area contributed by atoms with Crippen LogP contribution in [0.25, 0.3) is 0 Å². The highest BCUT2D eigenvalue weighted by Crippen LogP contribution is 2.39. The van der Waals surface area contributed by atoms with E-state index in [1.165, 1.54) is 0 Å². The maximum Gasteiger partial charge on any atom is 0.0313 e. The van der Waals surface area contributed by atoms with Crippen molar-refractivity contribution in [3.63, 3.8) is 0 Å². The van der Waals surface area contributed by atoms with Crippen molar-refractivity contribution < 1.29 is 0 Å². The Bertz CT molecular complexity index is 564. The summed E-state index contributed by atoms with van der Waals surface area (Å²) in [6, 6.07) is 16.7. The van der Waals surface area contributed by atoms with E-state index in [0.717, 1.165) is 29.0 Å². The molecule has 19 heavy (non-hydrogen) atoms. The van der Waals surface area contributed by atoms with E-state index >= 15 is 0 Å². The second-order valence-corrected chi connectivity index (χ2v) is 7.82. The van der Waals surface area contributed by atoms with Crippen LogP contribution in [-0.2, 0) is 5.41 Å². The molecule has 0 aliphatic heterocycles. The van der Waals surface area contributed by atoms with E-state index in [1.54, 1.807) is 0 Å². The summed E-state index contributed by atoms with van der Waals surface area (Å²) in [7, 11) is 0. The van der Waals surface area contributed by atoms with E-state index in [-0.39, 0.29) is 5.41 Å². The standard InChI is InChI=1S/C15H8Br4/c1-15(2,11-5-3-9(16)7-13(11)18)12-6-4-10(17)8-14(12)19/h3-4H,1-2H3. The Morgan fingerprint density at radius 3 is 1.47 bits per heavy atom. The van der Waals surface area contributed by atoms with Crippen LogP contribution in [0, 0.1) is 24.3 Å². The van der Waals surface area contributed by atoms with Gasteiger partial charge in [-0.2, -0.15) is 0 Å². The summed E-state index contributed by atoms with van der Waals surface area (Å²) in [5, 5.41) is 0. The number of rotatable bonds is 2. The maximum atomic E-state index is 3.55. The molecule has 0 nitrogen and oxygen atoms in total. The van der Waals surface area contributed by atoms with E-state index in [4.69, 9.17) is 0 Å². The molecule has 0 unspecified atom stereocenters. The smallest absolute Gasteiger partial charge is 0.0313 e. The van der Waals surface area contributed by atoms with Gasteiger partial charge in [-0.15, -0.1) is 0 Å². The molecule has 2 rings (SSSR count). The Morgan fingerprint density at radius 1 is 0.789 bits per heavy atom. The fourth-order valence-corrected chi connectivity index (χ4v) is 4.64. The topological polar surface area (TPSA) is 0 Å². The van der Waals surface area contributed by atoms with Crippen LogP contribution in [0.3, 0.4) is 0 Å². The predicted molar refractivity (Wildman–Crippen MR) is 91.2 cm³/mol. The fourth-order valence-electron chi connectivity index (χ4n) is 1.84. The third kappa shape index (κ3) is 3.34. The lowest BCUT2D eigenvalue weighted by molar-refractivity contribution is 0.631. The average Bonchev–Trinajstić information content (AvgIpc) is 2.27. The molecule has 0 saturated heterocycles. The van der Waals surface area contributed by atoms with Crippen molar-refractivity contribution in [3.8, 4) is 0 Å². The van der Waals surface area contributed by atoms with Crippen LogP contribution in [0.4, 0.5) is 0 Å². The van der Waals surface area contributed by atoms with Gasteiger partial charge < -0.3 is 0 Å². The van der Waals surface area contributed by atoms with Gasteiger partial charge in [0.1, 0.15) is 0 Å². The summed E-state index contributed by atoms with van der Waals surface area (Å²) in [4.78, 5) is 0. The highest BCUT2D eigenvalue weighted by molar-refractivity contribution is 9.11. The Morgan fingerprint density at radius 2 is 1.16 bits per heavy atom. The van der Waals surface area contributed by atoms with Gasteiger partial charge in [-0.1, -0.05) is 45.7 Å². The van der Waals surface area contributed by atoms with Gasteiger partial charge in [0.15, 0.2) is 0 Å². The van der Waals surface area contributed by atoms with Gasteiger partial charge in [-0.25, -0.2) is 0 Å². The SMILES string of the molecule is CC(C)(c1[c]cc(Br)[c]c1Br)c1[c]cc(Br)[c]c1Br. The summed E-state index contributed by atoms with van der Waals surface area (Å²) in [5.41, 5.74) is 1.80. The van der Waals surface area contributed by atoms with Crippen molar-refractivity contribution in [1.29, 1.82) is 0 Å². The van der Waals surface area contributed by atoms with Crippen molar-refractivity contribution >= 4 is 63.7 Å². The Balaban J connectivity index is 2.58. The zero-order chi connectivity index (χ0) is 14.2. The van der Waals surface area contributed by atoms with Gasteiger partial charge in [-0.05, 0) is 67.3 Å². The lowest BCUT2D eigenvalue weighted by Crippen LogP contribution is -2.20. The van der Waals surface area contributed by atoms with Gasteiger partial charge >= 0.3 is 0 Å². The first-order valence-electron chi connectivity index (χ1n) is 5.41. The number of hydrogen-bond donors (Lipinski definition) is 0. The van der Waals surface area contributed by atoms with Crippen LogP contribution in [0.15, 0.2) is 30.0 Å². The lowest BCUT2D eigenvalue weighted by atomic mass is 9.78. The minimum absolute atomic E-state index is 0.258. The van der Waals surface area contributed by atoms with E-state index in [9.17, 15) is 0 Å². The first-order chi connectivity index (χ1) is 8.82. The summed E-state index contributed by atoms with van der Waals surface area (Å²) in [6.07, 6.45) is 0.